The van der Waals surface area contributed by atoms with Crippen molar-refractivity contribution in [1.82, 2.24) is 15.1 Å². The van der Waals surface area contributed by atoms with E-state index in [1.54, 1.807) is 18.5 Å². The van der Waals surface area contributed by atoms with Gasteiger partial charge in [0.1, 0.15) is 0 Å². The van der Waals surface area contributed by atoms with E-state index in [0.717, 1.165) is 12.8 Å². The topological polar surface area (TPSA) is 79.5 Å². The summed E-state index contributed by atoms with van der Waals surface area (Å²) in [5.41, 5.74) is 0. The first-order valence-corrected chi connectivity index (χ1v) is 4.78. The summed E-state index contributed by atoms with van der Waals surface area (Å²) < 4.78 is 1.39. The van der Waals surface area contributed by atoms with Crippen molar-refractivity contribution in [2.45, 2.75) is 19.8 Å². The summed E-state index contributed by atoms with van der Waals surface area (Å²) in [6.07, 6.45) is 4.01. The zero-order valence-corrected chi connectivity index (χ0v) is 8.55. The van der Waals surface area contributed by atoms with E-state index in [1.807, 2.05) is 6.92 Å². The Morgan fingerprint density at radius 3 is 3.00 bits per heavy atom. The summed E-state index contributed by atoms with van der Waals surface area (Å²) in [6.45, 7) is 2.64. The van der Waals surface area contributed by atoms with Crippen molar-refractivity contribution in [2.24, 2.45) is 4.99 Å². The van der Waals surface area contributed by atoms with E-state index in [9.17, 15) is 4.79 Å². The quantitative estimate of drug-likeness (QED) is 0.446. The molecule has 1 aromatic heterocycles. The van der Waals surface area contributed by atoms with Crippen molar-refractivity contribution in [3.8, 4) is 0 Å². The molecule has 6 nitrogen and oxygen atoms in total. The molecule has 0 radical (unpaired) electrons. The number of carbonyl (C=O) groups is 1. The SMILES string of the molecule is CCCCN=C(NC(=O)O)n1cccn1. The Balaban J connectivity index is 2.69. The minimum atomic E-state index is -1.14. The fraction of sp³-hybridized carbons (Fsp3) is 0.444. The molecule has 0 aliphatic rings. The predicted molar refractivity (Wildman–Crippen MR) is 56.0 cm³/mol. The Morgan fingerprint density at radius 2 is 2.47 bits per heavy atom. The third-order valence-electron chi connectivity index (χ3n) is 1.71. The van der Waals surface area contributed by atoms with Gasteiger partial charge in [-0.1, -0.05) is 13.3 Å². The number of aliphatic imine (C=N–C) groups is 1. The van der Waals surface area contributed by atoms with Gasteiger partial charge in [-0.3, -0.25) is 10.3 Å². The van der Waals surface area contributed by atoms with Crippen LogP contribution in [-0.2, 0) is 0 Å². The minimum Gasteiger partial charge on any atom is -0.465 e. The summed E-state index contributed by atoms with van der Waals surface area (Å²) in [5.74, 6) is 0.237. The molecule has 1 rings (SSSR count). The van der Waals surface area contributed by atoms with Crippen molar-refractivity contribution in [3.63, 3.8) is 0 Å². The van der Waals surface area contributed by atoms with Crippen LogP contribution < -0.4 is 5.32 Å². The molecule has 0 aliphatic carbocycles. The van der Waals surface area contributed by atoms with E-state index >= 15 is 0 Å². The Bertz CT molecular complexity index is 332. The first kappa shape index (κ1) is 11.2. The van der Waals surface area contributed by atoms with Crippen molar-refractivity contribution in [3.05, 3.63) is 18.5 Å². The highest BCUT2D eigenvalue weighted by Crippen LogP contribution is 1.90. The maximum absolute atomic E-state index is 10.5. The second-order valence-corrected chi connectivity index (χ2v) is 2.94. The van der Waals surface area contributed by atoms with Gasteiger partial charge in [-0.25, -0.2) is 9.48 Å². The third-order valence-corrected chi connectivity index (χ3v) is 1.71. The van der Waals surface area contributed by atoms with Crippen LogP contribution >= 0.6 is 0 Å². The molecule has 0 aliphatic heterocycles. The first-order chi connectivity index (χ1) is 7.24. The normalized spacial score (nSPS) is 11.4. The number of amides is 1. The summed E-state index contributed by atoms with van der Waals surface area (Å²) in [4.78, 5) is 14.6. The van der Waals surface area contributed by atoms with Crippen LogP contribution in [0.3, 0.4) is 0 Å². The van der Waals surface area contributed by atoms with Gasteiger partial charge >= 0.3 is 6.09 Å². The summed E-state index contributed by atoms with van der Waals surface area (Å²) >= 11 is 0. The Hall–Kier alpha value is -1.85. The molecule has 82 valence electrons. The molecule has 0 atom stereocenters. The lowest BCUT2D eigenvalue weighted by atomic mass is 10.3. The third kappa shape index (κ3) is 3.80. The van der Waals surface area contributed by atoms with Gasteiger partial charge in [-0.15, -0.1) is 0 Å². The molecule has 1 heterocycles. The highest BCUT2D eigenvalue weighted by atomic mass is 16.4. The molecule has 1 aromatic rings. The summed E-state index contributed by atoms with van der Waals surface area (Å²) in [5, 5.41) is 14.7. The number of carboxylic acid groups (broad SMARTS) is 1. The van der Waals surface area contributed by atoms with Crippen LogP contribution in [0.5, 0.6) is 0 Å². The molecule has 0 fully saturated rings. The maximum atomic E-state index is 10.5. The molecule has 0 aromatic carbocycles. The molecule has 0 unspecified atom stereocenters. The van der Waals surface area contributed by atoms with Gasteiger partial charge in [0.2, 0.25) is 5.96 Å². The highest BCUT2D eigenvalue weighted by molar-refractivity contribution is 5.93. The van der Waals surface area contributed by atoms with Crippen LogP contribution in [0, 0.1) is 0 Å². The summed E-state index contributed by atoms with van der Waals surface area (Å²) in [6, 6.07) is 1.71. The average molecular weight is 210 g/mol. The smallest absolute Gasteiger partial charge is 0.411 e. The molecular formula is C9H14N4O2. The fourth-order valence-electron chi connectivity index (χ4n) is 1.00. The molecule has 0 spiro atoms. The monoisotopic (exact) mass is 210 g/mol. The molecule has 2 N–H and O–H groups in total. The Morgan fingerprint density at radius 1 is 1.67 bits per heavy atom. The number of nitrogens with one attached hydrogen (secondary N) is 1. The number of hydrogen-bond acceptors (Lipinski definition) is 3. The standard InChI is InChI=1S/C9H14N4O2/c1-2-3-5-10-8(12-9(14)15)13-7-4-6-11-13/h4,6-7H,2-3,5H2,1H3,(H,10,12)(H,14,15). The van der Waals surface area contributed by atoms with Crippen LogP contribution in [0.15, 0.2) is 23.5 Å². The average Bonchev–Trinajstić information content (AvgIpc) is 2.68. The predicted octanol–water partition coefficient (Wildman–Crippen LogP) is 1.15. The molecule has 15 heavy (non-hydrogen) atoms. The van der Waals surface area contributed by atoms with E-state index in [0.29, 0.717) is 6.54 Å². The fourth-order valence-corrected chi connectivity index (χ4v) is 1.00. The van der Waals surface area contributed by atoms with Gasteiger partial charge in [0, 0.05) is 18.9 Å². The van der Waals surface area contributed by atoms with Gasteiger partial charge < -0.3 is 5.11 Å². The lowest BCUT2D eigenvalue weighted by Crippen LogP contribution is -2.35. The van der Waals surface area contributed by atoms with Crippen molar-refractivity contribution >= 4 is 12.1 Å². The molecule has 0 bridgehead atoms. The molecule has 1 amide bonds. The van der Waals surface area contributed by atoms with Crippen LogP contribution in [0.4, 0.5) is 4.79 Å². The lowest BCUT2D eigenvalue weighted by Gasteiger charge is -2.05. The van der Waals surface area contributed by atoms with E-state index < -0.39 is 6.09 Å². The zero-order valence-electron chi connectivity index (χ0n) is 8.55. The second kappa shape index (κ2) is 5.79. The summed E-state index contributed by atoms with van der Waals surface area (Å²) in [7, 11) is 0. The van der Waals surface area contributed by atoms with Crippen molar-refractivity contribution in [2.75, 3.05) is 6.54 Å². The Labute approximate surface area is 87.6 Å². The number of nitrogens with zero attached hydrogens (tertiary/aromatic N) is 3. The van der Waals surface area contributed by atoms with E-state index in [4.69, 9.17) is 5.11 Å². The molecular weight excluding hydrogens is 196 g/mol. The molecule has 0 saturated heterocycles. The maximum Gasteiger partial charge on any atom is 0.411 e. The van der Waals surface area contributed by atoms with Crippen LogP contribution in [0.2, 0.25) is 0 Å². The Kier molecular flexibility index (Phi) is 4.33. The largest absolute Gasteiger partial charge is 0.465 e. The van der Waals surface area contributed by atoms with Crippen LogP contribution in [0.1, 0.15) is 19.8 Å². The lowest BCUT2D eigenvalue weighted by molar-refractivity contribution is 0.200. The van der Waals surface area contributed by atoms with Gasteiger partial charge in [0.15, 0.2) is 0 Å². The number of hydrogen-bond donors (Lipinski definition) is 2. The first-order valence-electron chi connectivity index (χ1n) is 4.78. The van der Waals surface area contributed by atoms with Gasteiger partial charge in [0.05, 0.1) is 0 Å². The zero-order chi connectivity index (χ0) is 11.1. The van der Waals surface area contributed by atoms with E-state index in [2.05, 4.69) is 15.4 Å². The van der Waals surface area contributed by atoms with Crippen molar-refractivity contribution < 1.29 is 9.90 Å². The van der Waals surface area contributed by atoms with Gasteiger partial charge in [-0.2, -0.15) is 5.10 Å². The highest BCUT2D eigenvalue weighted by Gasteiger charge is 2.05. The molecule has 0 saturated carbocycles. The second-order valence-electron chi connectivity index (χ2n) is 2.94. The van der Waals surface area contributed by atoms with Gasteiger partial charge in [-0.05, 0) is 12.5 Å². The number of rotatable bonds is 3. The number of unbranched alkanes of at least 4 members (excludes halogenated alkanes) is 1. The number of aromatic nitrogens is 2. The van der Waals surface area contributed by atoms with Crippen LogP contribution in [0.25, 0.3) is 0 Å². The van der Waals surface area contributed by atoms with Crippen molar-refractivity contribution in [1.29, 1.82) is 0 Å². The minimum absolute atomic E-state index is 0.237. The van der Waals surface area contributed by atoms with E-state index in [1.165, 1.54) is 4.68 Å². The van der Waals surface area contributed by atoms with Gasteiger partial charge in [0.25, 0.3) is 0 Å². The van der Waals surface area contributed by atoms with E-state index in [-0.39, 0.29) is 5.96 Å². The van der Waals surface area contributed by atoms with Crippen LogP contribution in [-0.4, -0.2) is 33.5 Å². The molecule has 6 heteroatoms.